The Labute approximate surface area is 181 Å². The van der Waals surface area contributed by atoms with Gasteiger partial charge in [0.2, 0.25) is 0 Å². The second kappa shape index (κ2) is 11.3. The molecule has 31 heavy (non-hydrogen) atoms. The summed E-state index contributed by atoms with van der Waals surface area (Å²) in [7, 11) is 0. The van der Waals surface area contributed by atoms with E-state index in [2.05, 4.69) is 10.2 Å². The highest BCUT2D eigenvalue weighted by Gasteiger charge is 2.28. The first-order chi connectivity index (χ1) is 14.5. The van der Waals surface area contributed by atoms with E-state index >= 15 is 0 Å². The molecule has 0 radical (unpaired) electrons. The molecule has 0 fully saturated rings. The molecule has 174 valence electrons. The lowest BCUT2D eigenvalue weighted by atomic mass is 9.87. The first kappa shape index (κ1) is 24.8. The lowest BCUT2D eigenvalue weighted by molar-refractivity contribution is -0.757. The molecule has 10 heteroatoms. The highest BCUT2D eigenvalue weighted by atomic mass is 16.9. The highest BCUT2D eigenvalue weighted by molar-refractivity contribution is 5.69. The Kier molecular flexibility index (Phi) is 9.02. The maximum Gasteiger partial charge on any atom is 0.306 e. The van der Waals surface area contributed by atoms with Crippen LogP contribution >= 0.6 is 0 Å². The molecular formula is C21H32N2O8. The van der Waals surface area contributed by atoms with Crippen LogP contribution in [0.2, 0.25) is 0 Å². The van der Waals surface area contributed by atoms with Crippen LogP contribution in [0.15, 0.2) is 18.2 Å². The lowest BCUT2D eigenvalue weighted by Crippen LogP contribution is -2.44. The van der Waals surface area contributed by atoms with Crippen LogP contribution in [0.4, 0.5) is 0 Å². The molecule has 0 spiro atoms. The number of fused-ring (bicyclic) bond motifs is 1. The van der Waals surface area contributed by atoms with E-state index in [4.69, 9.17) is 9.47 Å². The second-order valence-electron chi connectivity index (χ2n) is 8.65. The zero-order valence-corrected chi connectivity index (χ0v) is 18.2. The van der Waals surface area contributed by atoms with E-state index in [1.165, 1.54) is 0 Å². The largest absolute Gasteiger partial charge is 0.489 e. The molecule has 1 aromatic rings. The fourth-order valence-electron chi connectivity index (χ4n) is 3.21. The minimum absolute atomic E-state index is 0.00925. The van der Waals surface area contributed by atoms with Gasteiger partial charge in [-0.3, -0.25) is 4.79 Å². The predicted molar refractivity (Wildman–Crippen MR) is 111 cm³/mol. The Morgan fingerprint density at radius 1 is 1.29 bits per heavy atom. The molecule has 3 atom stereocenters. The average molecular weight is 440 g/mol. The van der Waals surface area contributed by atoms with Gasteiger partial charge in [-0.25, -0.2) is 0 Å². The maximum atomic E-state index is 12.2. The van der Waals surface area contributed by atoms with E-state index in [-0.39, 0.29) is 38.0 Å². The summed E-state index contributed by atoms with van der Waals surface area (Å²) in [5.41, 5.74) is 1.56. The molecule has 0 heterocycles. The first-order valence-electron chi connectivity index (χ1n) is 10.4. The van der Waals surface area contributed by atoms with Gasteiger partial charge < -0.3 is 29.8 Å². The standard InChI is InChI=1S/C21H32N2O8/c1-21(2,3)22-12-15(31-20(26)8-5-9-30-23(27)28)13-29-19-7-4-6-14-10-17(24)18(25)11-16(14)19/h4,6-7,15,17-18,22,24-25H,5,8-13H2,1-3H3/t15?,17-,18+/m0/s1. The van der Waals surface area contributed by atoms with Gasteiger partial charge in [-0.1, -0.05) is 12.1 Å². The summed E-state index contributed by atoms with van der Waals surface area (Å²) in [6.45, 7) is 6.24. The third kappa shape index (κ3) is 8.68. The molecule has 1 aliphatic carbocycles. The van der Waals surface area contributed by atoms with Crippen molar-refractivity contribution >= 4 is 5.97 Å². The van der Waals surface area contributed by atoms with Crippen molar-refractivity contribution in [2.75, 3.05) is 19.8 Å². The van der Waals surface area contributed by atoms with Gasteiger partial charge in [0.05, 0.1) is 18.8 Å². The monoisotopic (exact) mass is 440 g/mol. The van der Waals surface area contributed by atoms with Crippen molar-refractivity contribution in [2.45, 2.75) is 70.3 Å². The zero-order valence-electron chi connectivity index (χ0n) is 18.2. The van der Waals surface area contributed by atoms with Crippen molar-refractivity contribution in [2.24, 2.45) is 0 Å². The van der Waals surface area contributed by atoms with Crippen LogP contribution in [0, 0.1) is 10.1 Å². The molecule has 0 saturated heterocycles. The summed E-state index contributed by atoms with van der Waals surface area (Å²) in [6.07, 6.45) is -1.44. The Morgan fingerprint density at radius 3 is 2.68 bits per heavy atom. The number of hydrogen-bond donors (Lipinski definition) is 3. The third-order valence-electron chi connectivity index (χ3n) is 4.82. The number of nitrogens with one attached hydrogen (secondary N) is 1. The number of aliphatic hydroxyl groups excluding tert-OH is 2. The molecule has 0 aliphatic heterocycles. The molecule has 10 nitrogen and oxygen atoms in total. The maximum absolute atomic E-state index is 12.2. The summed E-state index contributed by atoms with van der Waals surface area (Å²) < 4.78 is 11.5. The van der Waals surface area contributed by atoms with E-state index in [1.54, 1.807) is 6.07 Å². The van der Waals surface area contributed by atoms with Gasteiger partial charge in [-0.2, -0.15) is 0 Å². The van der Waals surface area contributed by atoms with Gasteiger partial charge in [0.15, 0.2) is 0 Å². The van der Waals surface area contributed by atoms with Crippen LogP contribution < -0.4 is 10.1 Å². The van der Waals surface area contributed by atoms with Crippen molar-refractivity contribution in [3.05, 3.63) is 39.4 Å². The van der Waals surface area contributed by atoms with Crippen molar-refractivity contribution in [3.63, 3.8) is 0 Å². The van der Waals surface area contributed by atoms with Gasteiger partial charge in [0.1, 0.15) is 18.5 Å². The Morgan fingerprint density at radius 2 is 2.00 bits per heavy atom. The van der Waals surface area contributed by atoms with Crippen molar-refractivity contribution in [1.82, 2.24) is 5.32 Å². The first-order valence-corrected chi connectivity index (χ1v) is 10.4. The summed E-state index contributed by atoms with van der Waals surface area (Å²) >= 11 is 0. The minimum atomic E-state index is -0.897. The number of carbonyl (C=O) groups is 1. The number of rotatable bonds is 11. The molecule has 3 N–H and O–H groups in total. The lowest BCUT2D eigenvalue weighted by Gasteiger charge is -2.29. The number of hydrogen-bond acceptors (Lipinski definition) is 9. The van der Waals surface area contributed by atoms with Crippen LogP contribution in [-0.4, -0.2) is 64.9 Å². The minimum Gasteiger partial charge on any atom is -0.489 e. The Bertz CT molecular complexity index is 749. The normalized spacial score (nSPS) is 19.3. The Balaban J connectivity index is 1.97. The number of aliphatic hydroxyl groups is 2. The summed E-state index contributed by atoms with van der Waals surface area (Å²) in [5, 5.41) is 32.5. The molecule has 1 aromatic carbocycles. The molecular weight excluding hydrogens is 408 g/mol. The van der Waals surface area contributed by atoms with Crippen LogP contribution in [0.25, 0.3) is 0 Å². The highest BCUT2D eigenvalue weighted by Crippen LogP contribution is 2.30. The summed E-state index contributed by atoms with van der Waals surface area (Å²) in [5.74, 6) is 0.0875. The molecule has 1 unspecified atom stereocenters. The number of ether oxygens (including phenoxy) is 2. The number of esters is 1. The quantitative estimate of drug-likeness (QED) is 0.200. The van der Waals surface area contributed by atoms with Crippen LogP contribution in [0.3, 0.4) is 0 Å². The number of benzene rings is 1. The molecule has 0 amide bonds. The summed E-state index contributed by atoms with van der Waals surface area (Å²) in [6, 6.07) is 5.50. The van der Waals surface area contributed by atoms with Gasteiger partial charge in [0, 0.05) is 36.9 Å². The van der Waals surface area contributed by atoms with Gasteiger partial charge in [-0.05, 0) is 38.8 Å². The SMILES string of the molecule is CC(C)(C)NCC(COc1cccc2c1C[C@@H](O)[C@@H](O)C2)OC(=O)CCCO[N+](=O)[O-]. The van der Waals surface area contributed by atoms with E-state index in [9.17, 15) is 25.1 Å². The second-order valence-corrected chi connectivity index (χ2v) is 8.65. The molecule has 1 aliphatic rings. The van der Waals surface area contributed by atoms with Gasteiger partial charge in [-0.15, -0.1) is 10.1 Å². The smallest absolute Gasteiger partial charge is 0.306 e. The van der Waals surface area contributed by atoms with Crippen LogP contribution in [0.1, 0.15) is 44.7 Å². The third-order valence-corrected chi connectivity index (χ3v) is 4.82. The van der Waals surface area contributed by atoms with Gasteiger partial charge >= 0.3 is 5.97 Å². The molecule has 0 saturated carbocycles. The van der Waals surface area contributed by atoms with Crippen molar-refractivity contribution < 1.29 is 34.4 Å². The predicted octanol–water partition coefficient (Wildman–Crippen LogP) is 1.17. The van der Waals surface area contributed by atoms with E-state index in [0.717, 1.165) is 11.1 Å². The van der Waals surface area contributed by atoms with Gasteiger partial charge in [0.25, 0.3) is 5.09 Å². The van der Waals surface area contributed by atoms with E-state index in [1.807, 2.05) is 32.9 Å². The Hall–Kier alpha value is -2.43. The average Bonchev–Trinajstić information content (AvgIpc) is 2.67. The van der Waals surface area contributed by atoms with Crippen molar-refractivity contribution in [1.29, 1.82) is 0 Å². The van der Waals surface area contributed by atoms with Crippen LogP contribution in [0.5, 0.6) is 5.75 Å². The van der Waals surface area contributed by atoms with E-state index < -0.39 is 29.4 Å². The topological polar surface area (TPSA) is 140 Å². The molecule has 0 aromatic heterocycles. The van der Waals surface area contributed by atoms with Crippen LogP contribution in [-0.2, 0) is 27.2 Å². The van der Waals surface area contributed by atoms with Crippen molar-refractivity contribution in [3.8, 4) is 5.75 Å². The number of nitrogens with zero attached hydrogens (tertiary/aromatic N) is 1. The fraction of sp³-hybridized carbons (Fsp3) is 0.667. The van der Waals surface area contributed by atoms with E-state index in [0.29, 0.717) is 18.7 Å². The molecule has 2 rings (SSSR count). The summed E-state index contributed by atoms with van der Waals surface area (Å²) in [4.78, 5) is 26.5. The zero-order chi connectivity index (χ0) is 23.0. The molecule has 0 bridgehead atoms. The fourth-order valence-corrected chi connectivity index (χ4v) is 3.21. The number of carbonyl (C=O) groups excluding carboxylic acids is 1.